The van der Waals surface area contributed by atoms with E-state index < -0.39 is 0 Å². The predicted molar refractivity (Wildman–Crippen MR) is 32.1 cm³/mol. The summed E-state index contributed by atoms with van der Waals surface area (Å²) >= 11 is 0. The molecule has 1 aliphatic heterocycles. The summed E-state index contributed by atoms with van der Waals surface area (Å²) in [5, 5.41) is 7.08. The van der Waals surface area contributed by atoms with Gasteiger partial charge in [-0.05, 0) is 20.3 Å². The Labute approximate surface area is 49.4 Å². The maximum absolute atomic E-state index is 7.08. The van der Waals surface area contributed by atoms with E-state index in [4.69, 9.17) is 10.1 Å². The molecule has 1 N–H and O–H groups in total. The van der Waals surface area contributed by atoms with Crippen LogP contribution in [0.25, 0.3) is 0 Å². The van der Waals surface area contributed by atoms with Crippen LogP contribution in [-0.2, 0) is 4.74 Å². The van der Waals surface area contributed by atoms with E-state index in [1.54, 1.807) is 0 Å². The lowest BCUT2D eigenvalue weighted by atomic mass is 10.1. The number of hydrogen-bond donors (Lipinski definition) is 1. The van der Waals surface area contributed by atoms with Gasteiger partial charge in [0.2, 0.25) is 0 Å². The zero-order valence-electron chi connectivity index (χ0n) is 5.32. The SMILES string of the molecule is CC1(C)CCC(=N)O1. The van der Waals surface area contributed by atoms with Crippen LogP contribution in [0.3, 0.4) is 0 Å². The second-order valence-corrected chi connectivity index (χ2v) is 2.78. The summed E-state index contributed by atoms with van der Waals surface area (Å²) in [6.45, 7) is 4.02. The highest BCUT2D eigenvalue weighted by Gasteiger charge is 2.27. The Balaban J connectivity index is 2.56. The van der Waals surface area contributed by atoms with E-state index >= 15 is 0 Å². The van der Waals surface area contributed by atoms with Gasteiger partial charge in [0.05, 0.1) is 0 Å². The third-order valence-corrected chi connectivity index (χ3v) is 1.35. The molecule has 0 spiro atoms. The van der Waals surface area contributed by atoms with Gasteiger partial charge in [0.1, 0.15) is 5.60 Å². The van der Waals surface area contributed by atoms with Crippen molar-refractivity contribution in [3.63, 3.8) is 0 Å². The van der Waals surface area contributed by atoms with Crippen molar-refractivity contribution in [3.8, 4) is 0 Å². The summed E-state index contributed by atoms with van der Waals surface area (Å²) in [5.41, 5.74) is -0.0584. The maximum atomic E-state index is 7.08. The summed E-state index contributed by atoms with van der Waals surface area (Å²) in [6, 6.07) is 0. The zero-order valence-corrected chi connectivity index (χ0v) is 5.32. The van der Waals surface area contributed by atoms with Crippen LogP contribution in [0.15, 0.2) is 0 Å². The molecule has 0 aliphatic carbocycles. The lowest BCUT2D eigenvalue weighted by Crippen LogP contribution is -2.17. The fourth-order valence-electron chi connectivity index (χ4n) is 0.850. The Hall–Kier alpha value is -0.530. The van der Waals surface area contributed by atoms with Gasteiger partial charge >= 0.3 is 0 Å². The minimum atomic E-state index is -0.0584. The molecule has 1 heterocycles. The van der Waals surface area contributed by atoms with Gasteiger partial charge in [-0.15, -0.1) is 0 Å². The topological polar surface area (TPSA) is 33.1 Å². The van der Waals surface area contributed by atoms with Crippen molar-refractivity contribution in [1.29, 1.82) is 5.41 Å². The van der Waals surface area contributed by atoms with E-state index in [2.05, 4.69) is 0 Å². The molecule has 0 aromatic rings. The number of rotatable bonds is 0. The van der Waals surface area contributed by atoms with Crippen LogP contribution in [0.5, 0.6) is 0 Å². The average Bonchev–Trinajstić information content (AvgIpc) is 1.82. The Bertz CT molecular complexity index is 118. The summed E-state index contributed by atoms with van der Waals surface area (Å²) < 4.78 is 5.13. The van der Waals surface area contributed by atoms with E-state index in [0.29, 0.717) is 5.90 Å². The number of ether oxygens (including phenoxy) is 1. The van der Waals surface area contributed by atoms with E-state index in [0.717, 1.165) is 12.8 Å². The largest absolute Gasteiger partial charge is 0.475 e. The molecule has 1 fully saturated rings. The standard InChI is InChI=1S/C6H11NO/c1-6(2)4-3-5(7)8-6/h7H,3-4H2,1-2H3. The molecule has 1 aliphatic rings. The molecule has 0 saturated carbocycles. The van der Waals surface area contributed by atoms with Gasteiger partial charge in [-0.3, -0.25) is 5.41 Å². The normalized spacial score (nSPS) is 25.5. The molecule has 0 aromatic heterocycles. The number of nitrogens with one attached hydrogen (secondary N) is 1. The first kappa shape index (κ1) is 5.60. The van der Waals surface area contributed by atoms with Crippen molar-refractivity contribution >= 4 is 5.90 Å². The molecular weight excluding hydrogens is 102 g/mol. The highest BCUT2D eigenvalue weighted by molar-refractivity contribution is 5.75. The molecule has 46 valence electrons. The smallest absolute Gasteiger partial charge is 0.181 e. The first-order valence-electron chi connectivity index (χ1n) is 2.87. The summed E-state index contributed by atoms with van der Waals surface area (Å²) in [5.74, 6) is 0.440. The van der Waals surface area contributed by atoms with Crippen molar-refractivity contribution in [2.75, 3.05) is 0 Å². The first-order valence-corrected chi connectivity index (χ1v) is 2.87. The van der Waals surface area contributed by atoms with Crippen LogP contribution >= 0.6 is 0 Å². The molecule has 0 atom stereocenters. The summed E-state index contributed by atoms with van der Waals surface area (Å²) in [4.78, 5) is 0. The average molecular weight is 113 g/mol. The minimum absolute atomic E-state index is 0.0584. The van der Waals surface area contributed by atoms with Crippen LogP contribution < -0.4 is 0 Å². The Morgan fingerprint density at radius 3 is 2.38 bits per heavy atom. The van der Waals surface area contributed by atoms with E-state index in [9.17, 15) is 0 Å². The lowest BCUT2D eigenvalue weighted by molar-refractivity contribution is 0.122. The molecular formula is C6H11NO. The highest BCUT2D eigenvalue weighted by Crippen LogP contribution is 2.24. The lowest BCUT2D eigenvalue weighted by Gasteiger charge is -2.15. The second kappa shape index (κ2) is 1.47. The van der Waals surface area contributed by atoms with Crippen LogP contribution in [0, 0.1) is 5.41 Å². The molecule has 1 saturated heterocycles. The van der Waals surface area contributed by atoms with E-state index in [1.807, 2.05) is 13.8 Å². The first-order chi connectivity index (χ1) is 3.60. The molecule has 1 rings (SSSR count). The van der Waals surface area contributed by atoms with Crippen molar-refractivity contribution in [2.45, 2.75) is 32.3 Å². The molecule has 8 heavy (non-hydrogen) atoms. The highest BCUT2D eigenvalue weighted by atomic mass is 16.5. The molecule has 0 aromatic carbocycles. The summed E-state index contributed by atoms with van der Waals surface area (Å²) in [7, 11) is 0. The summed E-state index contributed by atoms with van der Waals surface area (Å²) in [6.07, 6.45) is 1.80. The molecule has 2 heteroatoms. The van der Waals surface area contributed by atoms with E-state index in [-0.39, 0.29) is 5.60 Å². The van der Waals surface area contributed by atoms with Gasteiger partial charge in [0, 0.05) is 6.42 Å². The molecule has 0 bridgehead atoms. The van der Waals surface area contributed by atoms with Crippen LogP contribution in [0.1, 0.15) is 26.7 Å². The van der Waals surface area contributed by atoms with Gasteiger partial charge in [-0.2, -0.15) is 0 Å². The Morgan fingerprint density at radius 1 is 1.62 bits per heavy atom. The van der Waals surface area contributed by atoms with Crippen LogP contribution in [0.4, 0.5) is 0 Å². The van der Waals surface area contributed by atoms with Crippen molar-refractivity contribution < 1.29 is 4.74 Å². The fraction of sp³-hybridized carbons (Fsp3) is 0.833. The van der Waals surface area contributed by atoms with Crippen LogP contribution in [-0.4, -0.2) is 11.5 Å². The maximum Gasteiger partial charge on any atom is 0.181 e. The molecule has 0 amide bonds. The zero-order chi connectivity index (χ0) is 6.20. The fourth-order valence-corrected chi connectivity index (χ4v) is 0.850. The molecule has 0 unspecified atom stereocenters. The van der Waals surface area contributed by atoms with Crippen molar-refractivity contribution in [3.05, 3.63) is 0 Å². The monoisotopic (exact) mass is 113 g/mol. The second-order valence-electron chi connectivity index (χ2n) is 2.78. The van der Waals surface area contributed by atoms with Gasteiger partial charge in [0.15, 0.2) is 5.90 Å². The van der Waals surface area contributed by atoms with E-state index in [1.165, 1.54) is 0 Å². The van der Waals surface area contributed by atoms with Gasteiger partial charge in [-0.25, -0.2) is 0 Å². The third kappa shape index (κ3) is 0.997. The Morgan fingerprint density at radius 2 is 2.25 bits per heavy atom. The minimum Gasteiger partial charge on any atom is -0.475 e. The molecule has 0 radical (unpaired) electrons. The predicted octanol–water partition coefficient (Wildman–Crippen LogP) is 1.55. The van der Waals surface area contributed by atoms with Gasteiger partial charge < -0.3 is 4.74 Å². The third-order valence-electron chi connectivity index (χ3n) is 1.35. The van der Waals surface area contributed by atoms with Gasteiger partial charge in [-0.1, -0.05) is 0 Å². The quantitative estimate of drug-likeness (QED) is 0.508. The molecule has 2 nitrogen and oxygen atoms in total. The Kier molecular flexibility index (Phi) is 1.03. The van der Waals surface area contributed by atoms with Crippen molar-refractivity contribution in [2.24, 2.45) is 0 Å². The van der Waals surface area contributed by atoms with Crippen molar-refractivity contribution in [1.82, 2.24) is 0 Å². The van der Waals surface area contributed by atoms with Gasteiger partial charge in [0.25, 0.3) is 0 Å². The number of hydrogen-bond acceptors (Lipinski definition) is 2. The van der Waals surface area contributed by atoms with Crippen LogP contribution in [0.2, 0.25) is 0 Å².